The van der Waals surface area contributed by atoms with Crippen LogP contribution in [0.5, 0.6) is 0 Å². The average molecular weight is 179 g/mol. The van der Waals surface area contributed by atoms with Gasteiger partial charge in [0.25, 0.3) is 0 Å². The Balaban J connectivity index is 2.29. The summed E-state index contributed by atoms with van der Waals surface area (Å²) in [4.78, 5) is 0. The van der Waals surface area contributed by atoms with Gasteiger partial charge in [0.05, 0.1) is 0 Å². The summed E-state index contributed by atoms with van der Waals surface area (Å²) < 4.78 is 13.4. The fraction of sp³-hybridized carbons (Fsp3) is 0.455. The second-order valence-corrected chi connectivity index (χ2v) is 3.72. The van der Waals surface area contributed by atoms with E-state index < -0.39 is 0 Å². The minimum Gasteiger partial charge on any atom is -0.310 e. The summed E-state index contributed by atoms with van der Waals surface area (Å²) in [6.07, 6.45) is 1.14. The first-order valence-corrected chi connectivity index (χ1v) is 4.77. The van der Waals surface area contributed by atoms with Crippen molar-refractivity contribution in [3.63, 3.8) is 0 Å². The van der Waals surface area contributed by atoms with Crippen molar-refractivity contribution >= 4 is 0 Å². The Hall–Kier alpha value is -0.890. The summed E-state index contributed by atoms with van der Waals surface area (Å²) >= 11 is 0. The third kappa shape index (κ3) is 1.59. The second-order valence-electron chi connectivity index (χ2n) is 3.72. The van der Waals surface area contributed by atoms with E-state index in [9.17, 15) is 4.39 Å². The molecule has 0 aromatic heterocycles. The first kappa shape index (κ1) is 8.70. The van der Waals surface area contributed by atoms with Gasteiger partial charge in [0.2, 0.25) is 0 Å². The molecule has 1 aromatic rings. The lowest BCUT2D eigenvalue weighted by Crippen LogP contribution is -2.17. The molecule has 1 nitrogen and oxygen atoms in total. The zero-order chi connectivity index (χ0) is 9.26. The zero-order valence-corrected chi connectivity index (χ0v) is 7.76. The molecule has 1 heterocycles. The smallest absolute Gasteiger partial charge is 0.127 e. The zero-order valence-electron chi connectivity index (χ0n) is 7.76. The fourth-order valence-corrected chi connectivity index (χ4v) is 1.98. The van der Waals surface area contributed by atoms with Crippen LogP contribution in [-0.4, -0.2) is 6.54 Å². The molecule has 1 fully saturated rings. The number of nitrogens with one attached hydrogen (secondary N) is 1. The van der Waals surface area contributed by atoms with Crippen LogP contribution in [0.15, 0.2) is 24.3 Å². The number of rotatable bonds is 1. The van der Waals surface area contributed by atoms with E-state index in [2.05, 4.69) is 12.2 Å². The van der Waals surface area contributed by atoms with Crippen LogP contribution in [-0.2, 0) is 0 Å². The van der Waals surface area contributed by atoms with Crippen LogP contribution in [0.25, 0.3) is 0 Å². The van der Waals surface area contributed by atoms with Crippen molar-refractivity contribution in [1.82, 2.24) is 5.32 Å². The standard InChI is InChI=1S/C11H14FN/c1-8-6-7-13-11(8)9-4-2-3-5-10(9)12/h2-5,8,11,13H,6-7H2,1H3/t8-,11-/m0/s1. The Labute approximate surface area is 78.0 Å². The average Bonchev–Trinajstić information content (AvgIpc) is 2.52. The topological polar surface area (TPSA) is 12.0 Å². The maximum Gasteiger partial charge on any atom is 0.127 e. The number of hydrogen-bond donors (Lipinski definition) is 1. The van der Waals surface area contributed by atoms with Gasteiger partial charge in [0.1, 0.15) is 5.82 Å². The third-order valence-electron chi connectivity index (χ3n) is 2.77. The predicted molar refractivity (Wildman–Crippen MR) is 50.9 cm³/mol. The van der Waals surface area contributed by atoms with Crippen molar-refractivity contribution in [1.29, 1.82) is 0 Å². The molecule has 0 unspecified atom stereocenters. The lowest BCUT2D eigenvalue weighted by Gasteiger charge is -2.16. The van der Waals surface area contributed by atoms with Crippen molar-refractivity contribution in [3.05, 3.63) is 35.6 Å². The Kier molecular flexibility index (Phi) is 2.32. The lowest BCUT2D eigenvalue weighted by molar-refractivity contribution is 0.475. The number of benzene rings is 1. The quantitative estimate of drug-likeness (QED) is 0.698. The fourth-order valence-electron chi connectivity index (χ4n) is 1.98. The third-order valence-corrected chi connectivity index (χ3v) is 2.77. The largest absolute Gasteiger partial charge is 0.310 e. The highest BCUT2D eigenvalue weighted by atomic mass is 19.1. The van der Waals surface area contributed by atoms with Gasteiger partial charge < -0.3 is 5.32 Å². The normalized spacial score (nSPS) is 27.8. The van der Waals surface area contributed by atoms with Gasteiger partial charge in [-0.25, -0.2) is 4.39 Å². The minimum absolute atomic E-state index is 0.0891. The van der Waals surface area contributed by atoms with Crippen molar-refractivity contribution in [2.24, 2.45) is 5.92 Å². The molecule has 0 radical (unpaired) electrons. The van der Waals surface area contributed by atoms with Gasteiger partial charge >= 0.3 is 0 Å². The molecule has 1 saturated heterocycles. The Bertz CT molecular complexity index is 298. The Morgan fingerprint density at radius 2 is 2.15 bits per heavy atom. The predicted octanol–water partition coefficient (Wildman–Crippen LogP) is 2.50. The van der Waals surface area contributed by atoms with Gasteiger partial charge in [-0.3, -0.25) is 0 Å². The van der Waals surface area contributed by atoms with Gasteiger partial charge in [0.15, 0.2) is 0 Å². The molecule has 13 heavy (non-hydrogen) atoms. The van der Waals surface area contributed by atoms with E-state index in [1.807, 2.05) is 12.1 Å². The molecule has 0 aliphatic carbocycles. The van der Waals surface area contributed by atoms with E-state index in [1.165, 1.54) is 6.07 Å². The van der Waals surface area contributed by atoms with Crippen LogP contribution in [0, 0.1) is 11.7 Å². The van der Waals surface area contributed by atoms with Gasteiger partial charge in [-0.1, -0.05) is 25.1 Å². The summed E-state index contributed by atoms with van der Waals surface area (Å²) in [5.41, 5.74) is 0.813. The highest BCUT2D eigenvalue weighted by Gasteiger charge is 2.25. The molecule has 1 N–H and O–H groups in total. The van der Waals surface area contributed by atoms with Crippen LogP contribution in [0.3, 0.4) is 0 Å². The van der Waals surface area contributed by atoms with Crippen LogP contribution >= 0.6 is 0 Å². The molecule has 1 aliphatic heterocycles. The van der Waals surface area contributed by atoms with E-state index in [0.29, 0.717) is 5.92 Å². The molecule has 1 aliphatic rings. The maximum atomic E-state index is 13.4. The molecular weight excluding hydrogens is 165 g/mol. The monoisotopic (exact) mass is 179 g/mol. The first-order valence-electron chi connectivity index (χ1n) is 4.77. The summed E-state index contributed by atoms with van der Waals surface area (Å²) in [6.45, 7) is 3.16. The molecule has 70 valence electrons. The second kappa shape index (κ2) is 3.46. The highest BCUT2D eigenvalue weighted by molar-refractivity contribution is 5.22. The van der Waals surface area contributed by atoms with E-state index in [1.54, 1.807) is 6.07 Å². The lowest BCUT2D eigenvalue weighted by atomic mass is 9.96. The molecule has 1 aromatic carbocycles. The van der Waals surface area contributed by atoms with Crippen LogP contribution in [0.4, 0.5) is 4.39 Å². The summed E-state index contributed by atoms with van der Waals surface area (Å²) in [6, 6.07) is 7.24. The molecular formula is C11H14FN. The van der Waals surface area contributed by atoms with Gasteiger partial charge in [-0.15, -0.1) is 0 Å². The summed E-state index contributed by atoms with van der Waals surface area (Å²) in [7, 11) is 0. The van der Waals surface area contributed by atoms with Gasteiger partial charge in [-0.05, 0) is 24.9 Å². The minimum atomic E-state index is -0.0891. The molecule has 0 amide bonds. The van der Waals surface area contributed by atoms with E-state index in [0.717, 1.165) is 18.5 Å². The van der Waals surface area contributed by atoms with Crippen LogP contribution in [0.1, 0.15) is 24.9 Å². The number of hydrogen-bond acceptors (Lipinski definition) is 1. The molecule has 0 saturated carbocycles. The van der Waals surface area contributed by atoms with Crippen molar-refractivity contribution in [2.75, 3.05) is 6.54 Å². The molecule has 2 heteroatoms. The SMILES string of the molecule is C[C@H]1CCN[C@@H]1c1ccccc1F. The summed E-state index contributed by atoms with van der Waals surface area (Å²) in [5.74, 6) is 0.450. The van der Waals surface area contributed by atoms with Crippen molar-refractivity contribution in [2.45, 2.75) is 19.4 Å². The molecule has 2 rings (SSSR count). The maximum absolute atomic E-state index is 13.4. The first-order chi connectivity index (χ1) is 6.29. The van der Waals surface area contributed by atoms with Crippen LogP contribution < -0.4 is 5.32 Å². The van der Waals surface area contributed by atoms with Crippen molar-refractivity contribution in [3.8, 4) is 0 Å². The molecule has 0 bridgehead atoms. The Morgan fingerprint density at radius 3 is 2.77 bits per heavy atom. The van der Waals surface area contributed by atoms with Crippen LogP contribution in [0.2, 0.25) is 0 Å². The molecule has 0 spiro atoms. The molecule has 2 atom stereocenters. The summed E-state index contributed by atoms with van der Waals surface area (Å²) in [5, 5.41) is 3.32. The number of halogens is 1. The highest BCUT2D eigenvalue weighted by Crippen LogP contribution is 2.30. The van der Waals surface area contributed by atoms with E-state index >= 15 is 0 Å². The Morgan fingerprint density at radius 1 is 1.38 bits per heavy atom. The van der Waals surface area contributed by atoms with Gasteiger partial charge in [0, 0.05) is 11.6 Å². The van der Waals surface area contributed by atoms with E-state index in [-0.39, 0.29) is 11.9 Å². The van der Waals surface area contributed by atoms with E-state index in [4.69, 9.17) is 0 Å². The van der Waals surface area contributed by atoms with Crippen molar-refractivity contribution < 1.29 is 4.39 Å². The van der Waals surface area contributed by atoms with Gasteiger partial charge in [-0.2, -0.15) is 0 Å².